The highest BCUT2D eigenvalue weighted by Gasteiger charge is 2.26. The van der Waals surface area contributed by atoms with Crippen molar-refractivity contribution in [1.29, 1.82) is 0 Å². The maximum atomic E-state index is 11.0. The molecular weight excluding hydrogens is 242 g/mol. The van der Waals surface area contributed by atoms with Gasteiger partial charge in [0.2, 0.25) is 0 Å². The zero-order valence-corrected chi connectivity index (χ0v) is 11.3. The Hall–Kier alpha value is -1.46. The van der Waals surface area contributed by atoms with Crippen molar-refractivity contribution >= 4 is 5.69 Å². The molecule has 2 rings (SSSR count). The van der Waals surface area contributed by atoms with Crippen LogP contribution in [0, 0.1) is 22.0 Å². The van der Waals surface area contributed by atoms with E-state index in [0.29, 0.717) is 24.9 Å². The van der Waals surface area contributed by atoms with Crippen LogP contribution in [0.2, 0.25) is 0 Å². The lowest BCUT2D eigenvalue weighted by Crippen LogP contribution is -2.42. The Morgan fingerprint density at radius 3 is 2.89 bits per heavy atom. The van der Waals surface area contributed by atoms with Crippen LogP contribution in [-0.4, -0.2) is 29.5 Å². The molecule has 19 heavy (non-hydrogen) atoms. The van der Waals surface area contributed by atoms with Crippen molar-refractivity contribution in [3.05, 3.63) is 39.9 Å². The van der Waals surface area contributed by atoms with Gasteiger partial charge in [-0.25, -0.2) is 0 Å². The van der Waals surface area contributed by atoms with Crippen molar-refractivity contribution in [2.75, 3.05) is 19.6 Å². The molecule has 0 spiro atoms. The van der Waals surface area contributed by atoms with E-state index in [2.05, 4.69) is 11.8 Å². The molecule has 0 aliphatic carbocycles. The third kappa shape index (κ3) is 3.30. The van der Waals surface area contributed by atoms with Crippen LogP contribution in [0.3, 0.4) is 0 Å². The zero-order chi connectivity index (χ0) is 13.8. The molecule has 2 atom stereocenters. The number of nitrogens with two attached hydrogens (primary N) is 1. The fourth-order valence-corrected chi connectivity index (χ4v) is 2.74. The number of benzene rings is 1. The summed E-state index contributed by atoms with van der Waals surface area (Å²) in [5, 5.41) is 11.0. The molecule has 1 fully saturated rings. The standard InChI is InChI=1S/C14H21N3O2/c1-11-6-7-16(10-13(11)8-15)9-12-4-2-3-5-14(12)17(18)19/h2-5,11,13H,6-10,15H2,1H3. The van der Waals surface area contributed by atoms with E-state index in [1.165, 1.54) is 0 Å². The first-order valence-corrected chi connectivity index (χ1v) is 6.76. The maximum absolute atomic E-state index is 11.0. The Balaban J connectivity index is 2.07. The lowest BCUT2D eigenvalue weighted by molar-refractivity contribution is -0.385. The van der Waals surface area contributed by atoms with E-state index >= 15 is 0 Å². The first-order valence-electron chi connectivity index (χ1n) is 6.76. The Morgan fingerprint density at radius 1 is 1.47 bits per heavy atom. The minimum atomic E-state index is -0.303. The molecule has 5 heteroatoms. The number of rotatable bonds is 4. The molecule has 0 saturated carbocycles. The molecular formula is C14H21N3O2. The fraction of sp³-hybridized carbons (Fsp3) is 0.571. The Labute approximate surface area is 113 Å². The molecule has 1 aliphatic heterocycles. The van der Waals surface area contributed by atoms with Crippen LogP contribution in [0.25, 0.3) is 0 Å². The van der Waals surface area contributed by atoms with Gasteiger partial charge < -0.3 is 5.73 Å². The van der Waals surface area contributed by atoms with Crippen LogP contribution in [-0.2, 0) is 6.54 Å². The van der Waals surface area contributed by atoms with E-state index in [1.807, 2.05) is 12.1 Å². The van der Waals surface area contributed by atoms with Gasteiger partial charge in [-0.05, 0) is 31.3 Å². The lowest BCUT2D eigenvalue weighted by atomic mass is 9.87. The summed E-state index contributed by atoms with van der Waals surface area (Å²) in [6.07, 6.45) is 1.11. The van der Waals surface area contributed by atoms with Gasteiger partial charge in [0.1, 0.15) is 0 Å². The molecule has 0 radical (unpaired) electrons. The quantitative estimate of drug-likeness (QED) is 0.666. The van der Waals surface area contributed by atoms with Crippen LogP contribution < -0.4 is 5.73 Å². The van der Waals surface area contributed by atoms with Gasteiger partial charge in [-0.1, -0.05) is 25.1 Å². The SMILES string of the molecule is CC1CCN(Cc2ccccc2[N+](=O)[O-])CC1CN. The van der Waals surface area contributed by atoms with E-state index in [1.54, 1.807) is 12.1 Å². The summed E-state index contributed by atoms with van der Waals surface area (Å²) in [5.74, 6) is 1.14. The topological polar surface area (TPSA) is 72.4 Å². The minimum absolute atomic E-state index is 0.213. The molecule has 5 nitrogen and oxygen atoms in total. The number of piperidine rings is 1. The van der Waals surface area contributed by atoms with Crippen molar-refractivity contribution in [1.82, 2.24) is 4.90 Å². The predicted octanol–water partition coefficient (Wildman–Crippen LogP) is 2.01. The second-order valence-electron chi connectivity index (χ2n) is 5.38. The third-order valence-electron chi connectivity index (χ3n) is 4.08. The molecule has 2 unspecified atom stereocenters. The molecule has 0 amide bonds. The van der Waals surface area contributed by atoms with Gasteiger partial charge in [0, 0.05) is 24.7 Å². The van der Waals surface area contributed by atoms with Gasteiger partial charge in [0.15, 0.2) is 0 Å². The van der Waals surface area contributed by atoms with Crippen molar-refractivity contribution in [3.63, 3.8) is 0 Å². The zero-order valence-electron chi connectivity index (χ0n) is 11.3. The molecule has 1 saturated heterocycles. The summed E-state index contributed by atoms with van der Waals surface area (Å²) in [6, 6.07) is 6.98. The average Bonchev–Trinajstić information content (AvgIpc) is 2.41. The predicted molar refractivity (Wildman–Crippen MR) is 74.7 cm³/mol. The summed E-state index contributed by atoms with van der Waals surface area (Å²) in [5.41, 5.74) is 6.80. The van der Waals surface area contributed by atoms with E-state index in [4.69, 9.17) is 5.73 Å². The summed E-state index contributed by atoms with van der Waals surface area (Å²) in [4.78, 5) is 13.0. The molecule has 1 heterocycles. The van der Waals surface area contributed by atoms with Crippen LogP contribution >= 0.6 is 0 Å². The Morgan fingerprint density at radius 2 is 2.21 bits per heavy atom. The van der Waals surface area contributed by atoms with Gasteiger partial charge >= 0.3 is 0 Å². The van der Waals surface area contributed by atoms with E-state index in [0.717, 1.165) is 25.1 Å². The first kappa shape index (κ1) is 14.0. The molecule has 0 bridgehead atoms. The highest BCUT2D eigenvalue weighted by Crippen LogP contribution is 2.26. The van der Waals surface area contributed by atoms with Crippen LogP contribution in [0.5, 0.6) is 0 Å². The van der Waals surface area contributed by atoms with E-state index in [-0.39, 0.29) is 10.6 Å². The number of nitrogens with zero attached hydrogens (tertiary/aromatic N) is 2. The minimum Gasteiger partial charge on any atom is -0.330 e. The normalized spacial score (nSPS) is 24.3. The number of nitro benzene ring substituents is 1. The van der Waals surface area contributed by atoms with Crippen LogP contribution in [0.4, 0.5) is 5.69 Å². The fourth-order valence-electron chi connectivity index (χ4n) is 2.74. The van der Waals surface area contributed by atoms with Gasteiger partial charge in [0.05, 0.1) is 4.92 Å². The molecule has 1 aliphatic rings. The third-order valence-corrected chi connectivity index (χ3v) is 4.08. The highest BCUT2D eigenvalue weighted by atomic mass is 16.6. The summed E-state index contributed by atoms with van der Waals surface area (Å²) < 4.78 is 0. The Bertz CT molecular complexity index is 450. The second-order valence-corrected chi connectivity index (χ2v) is 5.38. The number of likely N-dealkylation sites (tertiary alicyclic amines) is 1. The number of para-hydroxylation sites is 1. The monoisotopic (exact) mass is 263 g/mol. The van der Waals surface area contributed by atoms with Gasteiger partial charge in [0.25, 0.3) is 5.69 Å². The van der Waals surface area contributed by atoms with Crippen molar-refractivity contribution in [3.8, 4) is 0 Å². The largest absolute Gasteiger partial charge is 0.330 e. The van der Waals surface area contributed by atoms with Gasteiger partial charge in [-0.2, -0.15) is 0 Å². The molecule has 1 aromatic rings. The van der Waals surface area contributed by atoms with Crippen LogP contribution in [0.15, 0.2) is 24.3 Å². The number of nitro groups is 1. The number of hydrogen-bond donors (Lipinski definition) is 1. The van der Waals surface area contributed by atoms with Crippen LogP contribution in [0.1, 0.15) is 18.9 Å². The van der Waals surface area contributed by atoms with Crippen molar-refractivity contribution in [2.24, 2.45) is 17.6 Å². The van der Waals surface area contributed by atoms with E-state index in [9.17, 15) is 10.1 Å². The molecule has 0 aromatic heterocycles. The average molecular weight is 263 g/mol. The van der Waals surface area contributed by atoms with Gasteiger partial charge in [-0.15, -0.1) is 0 Å². The maximum Gasteiger partial charge on any atom is 0.273 e. The first-order chi connectivity index (χ1) is 9.11. The van der Waals surface area contributed by atoms with E-state index < -0.39 is 0 Å². The van der Waals surface area contributed by atoms with Crippen molar-refractivity contribution in [2.45, 2.75) is 19.9 Å². The summed E-state index contributed by atoms with van der Waals surface area (Å²) >= 11 is 0. The summed E-state index contributed by atoms with van der Waals surface area (Å²) in [7, 11) is 0. The second kappa shape index (κ2) is 6.12. The highest BCUT2D eigenvalue weighted by molar-refractivity contribution is 5.39. The van der Waals surface area contributed by atoms with Crippen molar-refractivity contribution < 1.29 is 4.92 Å². The Kier molecular flexibility index (Phi) is 4.50. The molecule has 2 N–H and O–H groups in total. The number of hydrogen-bond acceptors (Lipinski definition) is 4. The lowest BCUT2D eigenvalue weighted by Gasteiger charge is -2.36. The molecule has 1 aromatic carbocycles. The van der Waals surface area contributed by atoms with Gasteiger partial charge in [-0.3, -0.25) is 15.0 Å². The smallest absolute Gasteiger partial charge is 0.273 e. The molecule has 104 valence electrons. The summed E-state index contributed by atoms with van der Waals surface area (Å²) in [6.45, 7) is 5.49.